The Morgan fingerprint density at radius 1 is 1.00 bits per heavy atom. The molecule has 18 heavy (non-hydrogen) atoms. The van der Waals surface area contributed by atoms with Gasteiger partial charge in [0.1, 0.15) is 11.6 Å². The van der Waals surface area contributed by atoms with E-state index in [4.69, 9.17) is 11.6 Å². The van der Waals surface area contributed by atoms with Crippen molar-refractivity contribution in [3.05, 3.63) is 71.3 Å². The minimum atomic E-state index is -0.554. The molecule has 0 radical (unpaired) electrons. The molecule has 0 heterocycles. The predicted octanol–water partition coefficient (Wildman–Crippen LogP) is 4.88. The summed E-state index contributed by atoms with van der Waals surface area (Å²) in [4.78, 5) is 0. The van der Waals surface area contributed by atoms with E-state index in [9.17, 15) is 8.78 Å². The van der Waals surface area contributed by atoms with E-state index in [2.05, 4.69) is 0 Å². The number of hydrogen-bond donors (Lipinski definition) is 0. The SMILES string of the molecule is Fc1ccc(CCC(Cl)c2ccccc2)c(F)c1. The van der Waals surface area contributed by atoms with E-state index in [0.717, 1.165) is 11.6 Å². The number of alkyl halides is 1. The average Bonchev–Trinajstić information content (AvgIpc) is 2.38. The first-order chi connectivity index (χ1) is 8.66. The molecule has 0 aromatic heterocycles. The fraction of sp³-hybridized carbons (Fsp3) is 0.200. The Balaban J connectivity index is 1.99. The van der Waals surface area contributed by atoms with Crippen LogP contribution in [0.15, 0.2) is 48.5 Å². The Bertz CT molecular complexity index is 511. The van der Waals surface area contributed by atoms with E-state index < -0.39 is 11.6 Å². The van der Waals surface area contributed by atoms with Crippen molar-refractivity contribution in [1.29, 1.82) is 0 Å². The molecule has 1 atom stereocenters. The number of hydrogen-bond acceptors (Lipinski definition) is 0. The molecular formula is C15H13ClF2. The van der Waals surface area contributed by atoms with Gasteiger partial charge in [0.2, 0.25) is 0 Å². The first kappa shape index (κ1) is 13.0. The van der Waals surface area contributed by atoms with Crippen molar-refractivity contribution >= 4 is 11.6 Å². The van der Waals surface area contributed by atoms with Gasteiger partial charge in [-0.2, -0.15) is 0 Å². The second-order valence-electron chi connectivity index (χ2n) is 4.15. The van der Waals surface area contributed by atoms with Crippen LogP contribution in [0.4, 0.5) is 8.78 Å². The highest BCUT2D eigenvalue weighted by atomic mass is 35.5. The van der Waals surface area contributed by atoms with Crippen molar-refractivity contribution < 1.29 is 8.78 Å². The quantitative estimate of drug-likeness (QED) is 0.692. The molecule has 0 fully saturated rings. The van der Waals surface area contributed by atoms with E-state index in [1.165, 1.54) is 12.1 Å². The summed E-state index contributed by atoms with van der Waals surface area (Å²) in [6.45, 7) is 0. The van der Waals surface area contributed by atoms with Gasteiger partial charge in [-0.3, -0.25) is 0 Å². The van der Waals surface area contributed by atoms with Crippen LogP contribution in [-0.4, -0.2) is 0 Å². The van der Waals surface area contributed by atoms with Crippen molar-refractivity contribution in [3.8, 4) is 0 Å². The third-order valence-corrected chi connectivity index (χ3v) is 3.31. The van der Waals surface area contributed by atoms with Crippen LogP contribution in [0, 0.1) is 11.6 Å². The predicted molar refractivity (Wildman–Crippen MR) is 69.7 cm³/mol. The summed E-state index contributed by atoms with van der Waals surface area (Å²) >= 11 is 6.24. The lowest BCUT2D eigenvalue weighted by molar-refractivity contribution is 0.568. The lowest BCUT2D eigenvalue weighted by Gasteiger charge is -2.10. The second kappa shape index (κ2) is 5.96. The van der Waals surface area contributed by atoms with Crippen LogP contribution in [0.1, 0.15) is 22.9 Å². The van der Waals surface area contributed by atoms with Crippen LogP contribution in [0.2, 0.25) is 0 Å². The molecule has 2 rings (SSSR count). The first-order valence-corrected chi connectivity index (χ1v) is 6.23. The van der Waals surface area contributed by atoms with Crippen molar-refractivity contribution in [2.45, 2.75) is 18.2 Å². The summed E-state index contributed by atoms with van der Waals surface area (Å²) in [6.07, 6.45) is 1.11. The number of halogens is 3. The van der Waals surface area contributed by atoms with Gasteiger partial charge in [0, 0.05) is 6.07 Å². The molecule has 3 heteroatoms. The van der Waals surface area contributed by atoms with Crippen molar-refractivity contribution in [2.24, 2.45) is 0 Å². The molecule has 0 aliphatic rings. The van der Waals surface area contributed by atoms with Gasteiger partial charge in [-0.1, -0.05) is 36.4 Å². The zero-order valence-electron chi connectivity index (χ0n) is 9.74. The molecule has 0 aliphatic heterocycles. The van der Waals surface area contributed by atoms with E-state index in [1.54, 1.807) is 0 Å². The zero-order chi connectivity index (χ0) is 13.0. The number of rotatable bonds is 4. The van der Waals surface area contributed by atoms with Gasteiger partial charge in [0.15, 0.2) is 0 Å². The Morgan fingerprint density at radius 3 is 2.39 bits per heavy atom. The molecule has 0 spiro atoms. The maximum absolute atomic E-state index is 13.4. The molecule has 0 bridgehead atoms. The smallest absolute Gasteiger partial charge is 0.129 e. The Kier molecular flexibility index (Phi) is 4.32. The molecule has 0 saturated heterocycles. The van der Waals surface area contributed by atoms with E-state index in [1.807, 2.05) is 30.3 Å². The summed E-state index contributed by atoms with van der Waals surface area (Å²) in [5.74, 6) is -1.06. The molecular weight excluding hydrogens is 254 g/mol. The van der Waals surface area contributed by atoms with Crippen LogP contribution in [-0.2, 0) is 6.42 Å². The standard InChI is InChI=1S/C15H13ClF2/c16-14(11-4-2-1-3-5-11)9-7-12-6-8-13(17)10-15(12)18/h1-6,8,10,14H,7,9H2. The monoisotopic (exact) mass is 266 g/mol. The minimum Gasteiger partial charge on any atom is -0.207 e. The summed E-state index contributed by atoms with van der Waals surface area (Å²) in [5.41, 5.74) is 1.51. The molecule has 94 valence electrons. The largest absolute Gasteiger partial charge is 0.207 e. The fourth-order valence-electron chi connectivity index (χ4n) is 1.84. The third-order valence-electron chi connectivity index (χ3n) is 2.84. The van der Waals surface area contributed by atoms with Gasteiger partial charge in [-0.25, -0.2) is 8.78 Å². The van der Waals surface area contributed by atoms with Crippen LogP contribution in [0.3, 0.4) is 0 Å². The fourth-order valence-corrected chi connectivity index (χ4v) is 2.09. The average molecular weight is 267 g/mol. The molecule has 2 aromatic rings. The van der Waals surface area contributed by atoms with Gasteiger partial charge >= 0.3 is 0 Å². The highest BCUT2D eigenvalue weighted by Gasteiger charge is 2.10. The van der Waals surface area contributed by atoms with Crippen LogP contribution in [0.25, 0.3) is 0 Å². The summed E-state index contributed by atoms with van der Waals surface area (Å²) in [6, 6.07) is 13.3. The van der Waals surface area contributed by atoms with E-state index in [-0.39, 0.29) is 5.38 Å². The molecule has 0 saturated carbocycles. The normalized spacial score (nSPS) is 12.4. The maximum Gasteiger partial charge on any atom is 0.129 e. The van der Waals surface area contributed by atoms with Gasteiger partial charge in [0.05, 0.1) is 5.38 Å². The van der Waals surface area contributed by atoms with Gasteiger partial charge in [-0.15, -0.1) is 11.6 Å². The zero-order valence-corrected chi connectivity index (χ0v) is 10.5. The summed E-state index contributed by atoms with van der Waals surface area (Å²) in [5, 5.41) is -0.157. The van der Waals surface area contributed by atoms with E-state index in [0.29, 0.717) is 18.4 Å². The Labute approximate surface area is 110 Å². The van der Waals surface area contributed by atoms with Crippen LogP contribution < -0.4 is 0 Å². The summed E-state index contributed by atoms with van der Waals surface area (Å²) in [7, 11) is 0. The van der Waals surface area contributed by atoms with Gasteiger partial charge in [0.25, 0.3) is 0 Å². The van der Waals surface area contributed by atoms with E-state index >= 15 is 0 Å². The second-order valence-corrected chi connectivity index (χ2v) is 4.68. The highest BCUT2D eigenvalue weighted by molar-refractivity contribution is 6.20. The highest BCUT2D eigenvalue weighted by Crippen LogP contribution is 2.26. The Morgan fingerprint density at radius 2 is 1.72 bits per heavy atom. The lowest BCUT2D eigenvalue weighted by Crippen LogP contribution is -1.96. The maximum atomic E-state index is 13.4. The molecule has 2 aromatic carbocycles. The van der Waals surface area contributed by atoms with Crippen molar-refractivity contribution in [3.63, 3.8) is 0 Å². The first-order valence-electron chi connectivity index (χ1n) is 5.80. The topological polar surface area (TPSA) is 0 Å². The van der Waals surface area contributed by atoms with Crippen LogP contribution in [0.5, 0.6) is 0 Å². The summed E-state index contributed by atoms with van der Waals surface area (Å²) < 4.78 is 26.2. The minimum absolute atomic E-state index is 0.157. The van der Waals surface area contributed by atoms with Crippen LogP contribution >= 0.6 is 11.6 Å². The van der Waals surface area contributed by atoms with Gasteiger partial charge in [-0.05, 0) is 30.0 Å². The molecule has 0 nitrogen and oxygen atoms in total. The third kappa shape index (κ3) is 3.30. The molecule has 0 N–H and O–H groups in total. The van der Waals surface area contributed by atoms with Gasteiger partial charge < -0.3 is 0 Å². The Hall–Kier alpha value is -1.41. The number of benzene rings is 2. The van der Waals surface area contributed by atoms with Crippen molar-refractivity contribution in [2.75, 3.05) is 0 Å². The molecule has 0 amide bonds. The van der Waals surface area contributed by atoms with Crippen molar-refractivity contribution in [1.82, 2.24) is 0 Å². The molecule has 0 aliphatic carbocycles. The number of aryl methyl sites for hydroxylation is 1. The molecule has 1 unspecified atom stereocenters. The lowest BCUT2D eigenvalue weighted by atomic mass is 10.0.